The van der Waals surface area contributed by atoms with Crippen molar-refractivity contribution in [3.8, 4) is 11.5 Å². The SMILES string of the molecule is CC1(c2nnc(-c3ccc4c(c3)N(Cc3ccc(Cl)cc3)C(=O)C(N)=CS4(=O)=O)o2)CCN(C(=O)O)C(C(F)C(F)F)C1. The lowest BCUT2D eigenvalue weighted by Crippen LogP contribution is -2.55. The van der Waals surface area contributed by atoms with Gasteiger partial charge >= 0.3 is 6.09 Å². The molecule has 0 spiro atoms. The highest BCUT2D eigenvalue weighted by Gasteiger charge is 2.48. The van der Waals surface area contributed by atoms with Gasteiger partial charge in [0, 0.05) is 22.5 Å². The summed E-state index contributed by atoms with van der Waals surface area (Å²) in [6.07, 6.45) is -7.90. The van der Waals surface area contributed by atoms with Crippen LogP contribution in [-0.2, 0) is 26.6 Å². The molecule has 1 aromatic heterocycles. The third-order valence-electron chi connectivity index (χ3n) is 7.59. The molecule has 16 heteroatoms. The van der Waals surface area contributed by atoms with Crippen LogP contribution in [0.15, 0.2) is 62.9 Å². The number of sulfone groups is 1. The molecule has 2 aliphatic rings. The lowest BCUT2D eigenvalue weighted by molar-refractivity contribution is -0.115. The summed E-state index contributed by atoms with van der Waals surface area (Å²) in [6.45, 7) is 1.28. The largest absolute Gasteiger partial charge is 0.465 e. The number of carboxylic acid groups (broad SMARTS) is 1. The van der Waals surface area contributed by atoms with E-state index in [9.17, 15) is 36.3 Å². The van der Waals surface area contributed by atoms with Crippen LogP contribution in [0.3, 0.4) is 0 Å². The summed E-state index contributed by atoms with van der Waals surface area (Å²) in [5.41, 5.74) is 5.06. The predicted molar refractivity (Wildman–Crippen MR) is 148 cm³/mol. The first-order valence-corrected chi connectivity index (χ1v) is 14.8. The molecular formula is C27H25ClF3N5O6S. The fourth-order valence-corrected chi connectivity index (χ4v) is 6.66. The van der Waals surface area contributed by atoms with Gasteiger partial charge in [0.05, 0.1) is 28.6 Å². The van der Waals surface area contributed by atoms with E-state index in [0.29, 0.717) is 20.9 Å². The van der Waals surface area contributed by atoms with E-state index in [1.165, 1.54) is 23.1 Å². The van der Waals surface area contributed by atoms with Crippen LogP contribution in [-0.4, -0.2) is 65.8 Å². The number of amides is 2. The van der Waals surface area contributed by atoms with Gasteiger partial charge in [0.1, 0.15) is 5.70 Å². The van der Waals surface area contributed by atoms with E-state index < -0.39 is 51.6 Å². The highest BCUT2D eigenvalue weighted by atomic mass is 35.5. The van der Waals surface area contributed by atoms with Gasteiger partial charge in [0.25, 0.3) is 12.3 Å². The molecule has 2 aromatic carbocycles. The van der Waals surface area contributed by atoms with Gasteiger partial charge in [0.15, 0.2) is 6.17 Å². The molecule has 0 bridgehead atoms. The normalized spacial score (nSPS) is 22.6. The fourth-order valence-electron chi connectivity index (χ4n) is 5.25. The number of rotatable bonds is 6. The summed E-state index contributed by atoms with van der Waals surface area (Å²) in [7, 11) is -4.13. The maximum atomic E-state index is 14.5. The first kappa shape index (κ1) is 30.4. The molecular weight excluding hydrogens is 615 g/mol. The molecule has 0 aliphatic carbocycles. The van der Waals surface area contributed by atoms with Crippen LogP contribution in [0.25, 0.3) is 11.5 Å². The van der Waals surface area contributed by atoms with Crippen LogP contribution >= 0.6 is 11.6 Å². The van der Waals surface area contributed by atoms with Crippen molar-refractivity contribution in [3.05, 3.63) is 70.0 Å². The zero-order chi connectivity index (χ0) is 31.3. The molecule has 5 rings (SSSR count). The summed E-state index contributed by atoms with van der Waals surface area (Å²) in [5, 5.41) is 18.7. The molecule has 3 N–H and O–H groups in total. The minimum Gasteiger partial charge on any atom is -0.465 e. The van der Waals surface area contributed by atoms with Crippen molar-refractivity contribution in [2.24, 2.45) is 5.73 Å². The molecule has 3 heterocycles. The Kier molecular flexibility index (Phi) is 7.90. The Morgan fingerprint density at radius 3 is 2.56 bits per heavy atom. The van der Waals surface area contributed by atoms with Crippen molar-refractivity contribution in [2.75, 3.05) is 11.4 Å². The summed E-state index contributed by atoms with van der Waals surface area (Å²) in [4.78, 5) is 26.5. The second kappa shape index (κ2) is 11.2. The van der Waals surface area contributed by atoms with E-state index in [0.717, 1.165) is 0 Å². The molecule has 1 saturated heterocycles. The number of nitrogens with zero attached hydrogens (tertiary/aromatic N) is 4. The Balaban J connectivity index is 1.52. The van der Waals surface area contributed by atoms with E-state index in [1.807, 2.05) is 0 Å². The van der Waals surface area contributed by atoms with Gasteiger partial charge in [-0.3, -0.25) is 4.79 Å². The number of likely N-dealkylation sites (tertiary alicyclic amines) is 1. The first-order chi connectivity index (χ1) is 20.2. The number of hydrogen-bond acceptors (Lipinski definition) is 8. The average molecular weight is 640 g/mol. The molecule has 3 unspecified atom stereocenters. The van der Waals surface area contributed by atoms with E-state index in [1.54, 1.807) is 31.2 Å². The smallest absolute Gasteiger partial charge is 0.407 e. The maximum absolute atomic E-state index is 14.5. The van der Waals surface area contributed by atoms with Gasteiger partial charge in [-0.05, 0) is 48.7 Å². The van der Waals surface area contributed by atoms with Crippen LogP contribution in [0, 0.1) is 0 Å². The summed E-state index contributed by atoms with van der Waals surface area (Å²) >= 11 is 5.97. The number of nitrogens with two attached hydrogens (primary N) is 1. The number of halogens is 4. The Hall–Kier alpha value is -4.11. The van der Waals surface area contributed by atoms with Gasteiger partial charge in [-0.2, -0.15) is 0 Å². The Labute approximate surface area is 248 Å². The molecule has 2 amide bonds. The quantitative estimate of drug-likeness (QED) is 0.395. The minimum atomic E-state index is -4.13. The number of benzene rings is 2. The van der Waals surface area contributed by atoms with Crippen LogP contribution in [0.5, 0.6) is 0 Å². The van der Waals surface area contributed by atoms with Crippen LogP contribution in [0.2, 0.25) is 5.02 Å². The second-order valence-electron chi connectivity index (χ2n) is 10.6. The molecule has 3 atom stereocenters. The number of carbonyl (C=O) groups is 2. The van der Waals surface area contributed by atoms with Crippen molar-refractivity contribution < 1.29 is 40.7 Å². The molecule has 11 nitrogen and oxygen atoms in total. The van der Waals surface area contributed by atoms with Crippen LogP contribution in [0.1, 0.15) is 31.2 Å². The van der Waals surface area contributed by atoms with Crippen LogP contribution in [0.4, 0.5) is 23.7 Å². The monoisotopic (exact) mass is 639 g/mol. The summed E-state index contributed by atoms with van der Waals surface area (Å²) in [5.74, 6) is -0.894. The summed E-state index contributed by atoms with van der Waals surface area (Å²) < 4.78 is 73.0. The van der Waals surface area contributed by atoms with Gasteiger partial charge in [-0.25, -0.2) is 26.4 Å². The molecule has 43 heavy (non-hydrogen) atoms. The van der Waals surface area contributed by atoms with Gasteiger partial charge in [-0.1, -0.05) is 30.7 Å². The second-order valence-corrected chi connectivity index (χ2v) is 12.8. The van der Waals surface area contributed by atoms with Crippen molar-refractivity contribution in [3.63, 3.8) is 0 Å². The standard InChI is InChI=1S/C27H25ClF3N5O6S/c1-27(8-9-35(26(38)39)19(11-27)21(29)22(30)31)25-34-33-23(42-25)15-4-7-20-18(10-15)36(12-14-2-5-16(28)6-3-14)24(37)17(32)13-43(20,40)41/h2-7,10,13,19,21-22H,8-9,11-12,32H2,1H3,(H,38,39). The van der Waals surface area contributed by atoms with Gasteiger partial charge in [0.2, 0.25) is 21.6 Å². The number of alkyl halides is 3. The highest BCUT2D eigenvalue weighted by molar-refractivity contribution is 7.94. The Morgan fingerprint density at radius 1 is 1.21 bits per heavy atom. The number of piperidine rings is 1. The van der Waals surface area contributed by atoms with Crippen molar-refractivity contribution in [1.82, 2.24) is 15.1 Å². The van der Waals surface area contributed by atoms with E-state index >= 15 is 0 Å². The first-order valence-electron chi connectivity index (χ1n) is 12.9. The number of anilines is 1. The van der Waals surface area contributed by atoms with E-state index in [-0.39, 0.29) is 53.9 Å². The lowest BCUT2D eigenvalue weighted by Gasteiger charge is -2.42. The number of hydrogen-bond donors (Lipinski definition) is 2. The lowest BCUT2D eigenvalue weighted by atomic mass is 9.75. The minimum absolute atomic E-state index is 0.00727. The molecule has 3 aromatic rings. The third kappa shape index (κ3) is 5.78. The molecule has 228 valence electrons. The number of aromatic nitrogens is 2. The van der Waals surface area contributed by atoms with Crippen molar-refractivity contribution in [1.29, 1.82) is 0 Å². The molecule has 0 saturated carbocycles. The molecule has 2 aliphatic heterocycles. The van der Waals surface area contributed by atoms with Gasteiger partial charge in [-0.15, -0.1) is 10.2 Å². The van der Waals surface area contributed by atoms with E-state index in [4.69, 9.17) is 21.8 Å². The predicted octanol–water partition coefficient (Wildman–Crippen LogP) is 4.51. The third-order valence-corrected chi connectivity index (χ3v) is 9.37. The summed E-state index contributed by atoms with van der Waals surface area (Å²) in [6, 6.07) is 8.95. The zero-order valence-corrected chi connectivity index (χ0v) is 24.0. The van der Waals surface area contributed by atoms with E-state index in [2.05, 4.69) is 10.2 Å². The highest BCUT2D eigenvalue weighted by Crippen LogP contribution is 2.41. The number of fused-ring (bicyclic) bond motifs is 1. The Bertz CT molecular complexity index is 1720. The molecule has 1 fully saturated rings. The Morgan fingerprint density at radius 2 is 1.91 bits per heavy atom. The van der Waals surface area contributed by atoms with Crippen LogP contribution < -0.4 is 10.6 Å². The average Bonchev–Trinajstić information content (AvgIpc) is 3.45. The maximum Gasteiger partial charge on any atom is 0.407 e. The topological polar surface area (TPSA) is 160 Å². The number of carbonyl (C=O) groups excluding carboxylic acids is 1. The van der Waals surface area contributed by atoms with Crippen molar-refractivity contribution >= 4 is 39.1 Å². The zero-order valence-electron chi connectivity index (χ0n) is 22.5. The van der Waals surface area contributed by atoms with Crippen molar-refractivity contribution in [2.45, 2.75) is 55.3 Å². The molecule has 0 radical (unpaired) electrons. The fraction of sp³-hybridized carbons (Fsp3) is 0.333. The van der Waals surface area contributed by atoms with Gasteiger partial charge < -0.3 is 25.1 Å².